The Balaban J connectivity index is 2.21. The molecule has 1 aliphatic heterocycles. The first-order valence-corrected chi connectivity index (χ1v) is 7.59. The second-order valence-corrected chi connectivity index (χ2v) is 5.29. The van der Waals surface area contributed by atoms with Gasteiger partial charge in [-0.15, -0.1) is 0 Å². The minimum atomic E-state index is 0.135. The topological polar surface area (TPSA) is 50.4 Å². The molecule has 1 fully saturated rings. The van der Waals surface area contributed by atoms with E-state index in [9.17, 15) is 4.79 Å². The molecule has 0 bridgehead atoms. The summed E-state index contributed by atoms with van der Waals surface area (Å²) in [5.74, 6) is 2.29. The molecule has 1 amide bonds. The van der Waals surface area contributed by atoms with E-state index in [-0.39, 0.29) is 5.91 Å². The molecular formula is C12H24N2O2S. The summed E-state index contributed by atoms with van der Waals surface area (Å²) in [7, 11) is 0. The van der Waals surface area contributed by atoms with Crippen LogP contribution in [0.15, 0.2) is 0 Å². The highest BCUT2D eigenvalue weighted by atomic mass is 32.2. The fourth-order valence-electron chi connectivity index (χ4n) is 2.02. The molecule has 1 aliphatic rings. The summed E-state index contributed by atoms with van der Waals surface area (Å²) in [6.07, 6.45) is 1.14. The number of hydrogen-bond acceptors (Lipinski definition) is 4. The van der Waals surface area contributed by atoms with Crippen LogP contribution in [-0.4, -0.2) is 49.8 Å². The summed E-state index contributed by atoms with van der Waals surface area (Å²) in [5, 5.41) is 6.31. The molecule has 0 spiro atoms. The first-order chi connectivity index (χ1) is 8.27. The lowest BCUT2D eigenvalue weighted by molar-refractivity contribution is -0.118. The van der Waals surface area contributed by atoms with Gasteiger partial charge in [-0.25, -0.2) is 0 Å². The van der Waals surface area contributed by atoms with Gasteiger partial charge in [-0.05, 0) is 19.9 Å². The highest BCUT2D eigenvalue weighted by Crippen LogP contribution is 2.19. The number of carbonyl (C=O) groups is 1. The average Bonchev–Trinajstić information content (AvgIpc) is 2.81. The van der Waals surface area contributed by atoms with Crippen molar-refractivity contribution in [3.05, 3.63) is 0 Å². The van der Waals surface area contributed by atoms with Crippen molar-refractivity contribution in [1.82, 2.24) is 10.6 Å². The monoisotopic (exact) mass is 260 g/mol. The lowest BCUT2D eigenvalue weighted by Gasteiger charge is -2.22. The van der Waals surface area contributed by atoms with Gasteiger partial charge >= 0.3 is 0 Å². The molecule has 2 unspecified atom stereocenters. The number of rotatable bonds is 8. The van der Waals surface area contributed by atoms with Crippen LogP contribution in [0.3, 0.4) is 0 Å². The van der Waals surface area contributed by atoms with E-state index in [1.165, 1.54) is 0 Å². The molecule has 17 heavy (non-hydrogen) atoms. The molecule has 1 heterocycles. The van der Waals surface area contributed by atoms with Crippen molar-refractivity contribution in [2.24, 2.45) is 5.92 Å². The predicted octanol–water partition coefficient (Wildman–Crippen LogP) is 0.870. The zero-order valence-corrected chi connectivity index (χ0v) is 11.6. The van der Waals surface area contributed by atoms with Gasteiger partial charge in [0.15, 0.2) is 0 Å². The van der Waals surface area contributed by atoms with Gasteiger partial charge in [0.25, 0.3) is 0 Å². The van der Waals surface area contributed by atoms with Gasteiger partial charge in [0.2, 0.25) is 5.91 Å². The number of nitrogens with one attached hydrogen (secondary N) is 2. The van der Waals surface area contributed by atoms with Crippen molar-refractivity contribution < 1.29 is 9.53 Å². The maximum absolute atomic E-state index is 11.3. The van der Waals surface area contributed by atoms with Crippen LogP contribution in [0.2, 0.25) is 0 Å². The number of thioether (sulfide) groups is 1. The maximum Gasteiger partial charge on any atom is 0.229 e. The zero-order valence-electron chi connectivity index (χ0n) is 10.8. The second kappa shape index (κ2) is 8.78. The van der Waals surface area contributed by atoms with Crippen molar-refractivity contribution in [1.29, 1.82) is 0 Å². The summed E-state index contributed by atoms with van der Waals surface area (Å²) in [4.78, 5) is 11.3. The average molecular weight is 260 g/mol. The Morgan fingerprint density at radius 2 is 2.29 bits per heavy atom. The van der Waals surface area contributed by atoms with Gasteiger partial charge in [-0.2, -0.15) is 11.8 Å². The normalized spacial score (nSPS) is 21.4. The molecule has 0 aliphatic carbocycles. The van der Waals surface area contributed by atoms with Crippen molar-refractivity contribution in [3.63, 3.8) is 0 Å². The van der Waals surface area contributed by atoms with E-state index in [1.54, 1.807) is 11.8 Å². The SMILES string of the molecule is CCNC(=O)CSCC(NCC)C1CCOC1. The minimum absolute atomic E-state index is 0.135. The van der Waals surface area contributed by atoms with E-state index in [4.69, 9.17) is 4.74 Å². The highest BCUT2D eigenvalue weighted by Gasteiger charge is 2.24. The highest BCUT2D eigenvalue weighted by molar-refractivity contribution is 8.00. The van der Waals surface area contributed by atoms with Crippen LogP contribution in [-0.2, 0) is 9.53 Å². The lowest BCUT2D eigenvalue weighted by Crippen LogP contribution is -2.39. The van der Waals surface area contributed by atoms with Crippen LogP contribution in [0.1, 0.15) is 20.3 Å². The second-order valence-electron chi connectivity index (χ2n) is 4.26. The summed E-state index contributed by atoms with van der Waals surface area (Å²) >= 11 is 1.71. The van der Waals surface area contributed by atoms with Gasteiger partial charge in [0.1, 0.15) is 0 Å². The van der Waals surface area contributed by atoms with Crippen molar-refractivity contribution in [3.8, 4) is 0 Å². The number of amides is 1. The molecular weight excluding hydrogens is 236 g/mol. The van der Waals surface area contributed by atoms with Crippen molar-refractivity contribution in [2.75, 3.05) is 37.8 Å². The molecule has 100 valence electrons. The first kappa shape index (κ1) is 14.8. The third-order valence-corrected chi connectivity index (χ3v) is 3.97. The Kier molecular flexibility index (Phi) is 7.64. The summed E-state index contributed by atoms with van der Waals surface area (Å²) in [6, 6.07) is 0.474. The van der Waals surface area contributed by atoms with E-state index >= 15 is 0 Å². The fraction of sp³-hybridized carbons (Fsp3) is 0.917. The Labute approximate surface area is 108 Å². The molecule has 0 saturated carbocycles. The van der Waals surface area contributed by atoms with Gasteiger partial charge in [0, 0.05) is 30.9 Å². The van der Waals surface area contributed by atoms with Gasteiger partial charge < -0.3 is 15.4 Å². The Hall–Kier alpha value is -0.260. The number of hydrogen-bond donors (Lipinski definition) is 2. The number of carbonyl (C=O) groups excluding carboxylic acids is 1. The molecule has 2 atom stereocenters. The molecule has 2 N–H and O–H groups in total. The van der Waals surface area contributed by atoms with Gasteiger partial charge in [-0.1, -0.05) is 6.92 Å². The van der Waals surface area contributed by atoms with Crippen molar-refractivity contribution in [2.45, 2.75) is 26.3 Å². The van der Waals surface area contributed by atoms with E-state index in [0.29, 0.717) is 24.3 Å². The van der Waals surface area contributed by atoms with Crippen molar-refractivity contribution >= 4 is 17.7 Å². The predicted molar refractivity (Wildman–Crippen MR) is 72.4 cm³/mol. The Bertz CT molecular complexity index is 221. The van der Waals surface area contributed by atoms with E-state index in [0.717, 1.165) is 31.9 Å². The molecule has 0 radical (unpaired) electrons. The van der Waals surface area contributed by atoms with Crippen LogP contribution in [0, 0.1) is 5.92 Å². The van der Waals surface area contributed by atoms with Crippen LogP contribution in [0.4, 0.5) is 0 Å². The largest absolute Gasteiger partial charge is 0.381 e. The molecule has 4 nitrogen and oxygen atoms in total. The quantitative estimate of drug-likeness (QED) is 0.680. The lowest BCUT2D eigenvalue weighted by atomic mass is 10.0. The van der Waals surface area contributed by atoms with Crippen LogP contribution < -0.4 is 10.6 Å². The summed E-state index contributed by atoms with van der Waals surface area (Å²) in [5.41, 5.74) is 0. The van der Waals surface area contributed by atoms with Crippen LogP contribution >= 0.6 is 11.8 Å². The fourth-order valence-corrected chi connectivity index (χ4v) is 3.07. The van der Waals surface area contributed by atoms with Crippen LogP contribution in [0.25, 0.3) is 0 Å². The summed E-state index contributed by atoms with van der Waals surface area (Å²) < 4.78 is 5.42. The molecule has 5 heteroatoms. The molecule has 1 saturated heterocycles. The summed E-state index contributed by atoms with van der Waals surface area (Å²) in [6.45, 7) is 7.50. The maximum atomic E-state index is 11.3. The third-order valence-electron chi connectivity index (χ3n) is 2.90. The molecule has 0 aromatic rings. The smallest absolute Gasteiger partial charge is 0.229 e. The van der Waals surface area contributed by atoms with Gasteiger partial charge in [0.05, 0.1) is 12.4 Å². The Morgan fingerprint density at radius 1 is 1.47 bits per heavy atom. The van der Waals surface area contributed by atoms with E-state index in [1.807, 2.05) is 6.92 Å². The molecule has 0 aromatic heterocycles. The first-order valence-electron chi connectivity index (χ1n) is 6.43. The van der Waals surface area contributed by atoms with E-state index in [2.05, 4.69) is 17.6 Å². The number of ether oxygens (including phenoxy) is 1. The molecule has 0 aromatic carbocycles. The third kappa shape index (κ3) is 5.75. The van der Waals surface area contributed by atoms with Gasteiger partial charge in [-0.3, -0.25) is 4.79 Å². The standard InChI is InChI=1S/C12H24N2O2S/c1-3-13-11(10-5-6-16-7-10)8-17-9-12(15)14-4-2/h10-11,13H,3-9H2,1-2H3,(H,14,15). The van der Waals surface area contributed by atoms with Crippen LogP contribution in [0.5, 0.6) is 0 Å². The zero-order chi connectivity index (χ0) is 12.5. The minimum Gasteiger partial charge on any atom is -0.381 e. The van der Waals surface area contributed by atoms with E-state index < -0.39 is 0 Å². The molecule has 1 rings (SSSR count). The Morgan fingerprint density at radius 3 is 2.88 bits per heavy atom.